The smallest absolute Gasteiger partial charge is 0.0675 e. The molecule has 2 saturated carbocycles. The molecule has 6 rings (SSSR count). The first-order valence-corrected chi connectivity index (χ1v) is 27.8. The molecular weight excluding hydrogens is 669 g/mol. The van der Waals surface area contributed by atoms with Gasteiger partial charge in [-0.3, -0.25) is 0 Å². The molecule has 0 bridgehead atoms. The van der Waals surface area contributed by atoms with E-state index in [0.29, 0.717) is 29.1 Å². The minimum Gasteiger partial charge on any atom is -0.0675 e. The number of hydrogen-bond donors (Lipinski definition) is 0. The van der Waals surface area contributed by atoms with Gasteiger partial charge in [0.2, 0.25) is 0 Å². The molecule has 0 aliphatic heterocycles. The van der Waals surface area contributed by atoms with Crippen LogP contribution in [0.1, 0.15) is 168 Å². The fourth-order valence-corrected chi connectivity index (χ4v) is 20.0. The molecule has 0 radical (unpaired) electrons. The van der Waals surface area contributed by atoms with Crippen LogP contribution in [-0.2, 0) is 10.8 Å². The third-order valence-corrected chi connectivity index (χ3v) is 28.0. The molecule has 0 amide bonds. The van der Waals surface area contributed by atoms with Gasteiger partial charge in [-0.25, -0.2) is 0 Å². The van der Waals surface area contributed by atoms with Crippen LogP contribution in [0.2, 0.25) is 36.3 Å². The summed E-state index contributed by atoms with van der Waals surface area (Å²) in [6.45, 7) is 29.7. The Morgan fingerprint density at radius 2 is 0.962 bits per heavy atom. The number of benzene rings is 3. The molecule has 0 saturated heterocycles. The molecule has 3 aliphatic rings. The Morgan fingerprint density at radius 1 is 0.509 bits per heavy atom. The molecule has 0 nitrogen and oxygen atoms in total. The van der Waals surface area contributed by atoms with Crippen LogP contribution >= 0.6 is 0 Å². The van der Waals surface area contributed by atoms with Gasteiger partial charge in [0.15, 0.2) is 0 Å². The largest absolute Gasteiger partial charge is 0.0859 e. The predicted molar refractivity (Wildman–Crippen MR) is 240 cm³/mol. The van der Waals surface area contributed by atoms with Crippen LogP contribution in [0.3, 0.4) is 0 Å². The van der Waals surface area contributed by atoms with Crippen molar-refractivity contribution in [2.45, 2.75) is 187 Å². The zero-order chi connectivity index (χ0) is 38.4. The Hall–Kier alpha value is -1.91. The third kappa shape index (κ3) is 6.95. The maximum atomic E-state index is 2.75. The summed E-state index contributed by atoms with van der Waals surface area (Å²) in [5.41, 5.74) is 8.64. The lowest BCUT2D eigenvalue weighted by molar-refractivity contribution is 0.0954. The zero-order valence-electron chi connectivity index (χ0n) is 36.4. The number of rotatable bonds is 12. The molecule has 0 heterocycles. The van der Waals surface area contributed by atoms with Crippen LogP contribution in [0.5, 0.6) is 0 Å². The van der Waals surface area contributed by atoms with Gasteiger partial charge in [-0.2, -0.15) is 0 Å². The predicted octanol–water partition coefficient (Wildman–Crippen LogP) is 14.2. The molecule has 1 unspecified atom stereocenters. The second-order valence-corrected chi connectivity index (χ2v) is 30.9. The van der Waals surface area contributed by atoms with E-state index in [-0.39, 0.29) is 10.8 Å². The van der Waals surface area contributed by atoms with Gasteiger partial charge in [0, 0.05) is 11.3 Å². The first-order valence-electron chi connectivity index (χ1n) is 22.6. The summed E-state index contributed by atoms with van der Waals surface area (Å²) in [5.74, 6) is 3.25. The van der Waals surface area contributed by atoms with E-state index in [1.165, 1.54) is 86.8 Å². The molecule has 2 heteroatoms. The lowest BCUT2D eigenvalue weighted by atomic mass is 9.52. The van der Waals surface area contributed by atoms with Crippen LogP contribution < -0.4 is 10.4 Å². The van der Waals surface area contributed by atoms with Gasteiger partial charge in [0.25, 0.3) is 0 Å². The topological polar surface area (TPSA) is 0 Å². The van der Waals surface area contributed by atoms with Gasteiger partial charge >= 0.3 is 0 Å². The fraction of sp³-hybridized carbons (Fsp3) is 0.647. The van der Waals surface area contributed by atoms with Crippen LogP contribution in [0, 0.1) is 23.2 Å². The monoisotopic (exact) mass is 747 g/mol. The fourth-order valence-electron chi connectivity index (χ4n) is 12.8. The Labute approximate surface area is 329 Å². The van der Waals surface area contributed by atoms with Crippen LogP contribution in [0.4, 0.5) is 0 Å². The summed E-state index contributed by atoms with van der Waals surface area (Å²) in [6.07, 6.45) is 9.52. The van der Waals surface area contributed by atoms with Crippen molar-refractivity contribution < 1.29 is 0 Å². The van der Waals surface area contributed by atoms with Gasteiger partial charge in [-0.05, 0) is 94.4 Å². The molecule has 3 aromatic rings. The van der Waals surface area contributed by atoms with Crippen molar-refractivity contribution in [3.8, 4) is 0 Å². The molecular formula is C51H78Si2. The molecule has 0 spiro atoms. The third-order valence-electron chi connectivity index (χ3n) is 16.7. The highest BCUT2D eigenvalue weighted by atomic mass is 28.3. The van der Waals surface area contributed by atoms with E-state index in [1.807, 2.05) is 0 Å². The van der Waals surface area contributed by atoms with Crippen LogP contribution in [0.25, 0.3) is 0 Å². The highest BCUT2D eigenvalue weighted by molar-refractivity contribution is 6.92. The standard InChI is InChI=1S/C51H78Si2/c1-13-52(14-2,15-3)42-29-23-38(24-30-42)51(37-21-19-20-22-37,39-25-31-43(32-26-39)53(16-4,17-5)18-6)48-46-35-40(49(7,8)9)27-33-44(46)45-34-28-41(36-47(45)48)50(10,11)12/h23-27,29-33,35,37,41,45,47-48H,13-22,28,34,36H2,1-12H3/t41?,45-,47-,48-/m1/s1. The SMILES string of the molecule is CC[Si](CC)(CC)c1ccc(C(c2ccc([Si](CC)(CC)CC)cc2)(C2CCCC2)[C@@H]2c3cc(C(C)(C)C)ccc3[C@H]3CCC(C(C)(C)C)C[C@H]32)cc1. The summed E-state index contributed by atoms with van der Waals surface area (Å²) < 4.78 is 0. The number of fused-ring (bicyclic) bond motifs is 3. The van der Waals surface area contributed by atoms with Crippen molar-refractivity contribution in [3.05, 3.63) is 94.5 Å². The van der Waals surface area contributed by atoms with Crippen molar-refractivity contribution in [3.63, 3.8) is 0 Å². The maximum absolute atomic E-state index is 2.75. The summed E-state index contributed by atoms with van der Waals surface area (Å²) in [4.78, 5) is 0. The molecule has 4 atom stereocenters. The lowest BCUT2D eigenvalue weighted by Crippen LogP contribution is -2.48. The summed E-state index contributed by atoms with van der Waals surface area (Å²) in [5, 5.41) is 3.39. The van der Waals surface area contributed by atoms with Crippen LogP contribution in [0.15, 0.2) is 66.7 Å². The summed E-state index contributed by atoms with van der Waals surface area (Å²) in [7, 11) is -3.00. The van der Waals surface area contributed by atoms with E-state index in [4.69, 9.17) is 0 Å². The van der Waals surface area contributed by atoms with E-state index >= 15 is 0 Å². The molecule has 0 aromatic heterocycles. The summed E-state index contributed by atoms with van der Waals surface area (Å²) in [6, 6.07) is 37.4. The normalized spacial score (nSPS) is 22.9. The first kappa shape index (κ1) is 40.7. The molecule has 53 heavy (non-hydrogen) atoms. The highest BCUT2D eigenvalue weighted by Crippen LogP contribution is 2.67. The van der Waals surface area contributed by atoms with E-state index < -0.39 is 16.1 Å². The van der Waals surface area contributed by atoms with Gasteiger partial charge in [-0.15, -0.1) is 0 Å². The minimum atomic E-state index is -1.50. The van der Waals surface area contributed by atoms with E-state index in [9.17, 15) is 0 Å². The minimum absolute atomic E-state index is 0.0400. The molecule has 290 valence electrons. The van der Waals surface area contributed by atoms with Crippen molar-refractivity contribution in [2.24, 2.45) is 23.2 Å². The zero-order valence-corrected chi connectivity index (χ0v) is 38.4. The van der Waals surface area contributed by atoms with Gasteiger partial charge in [-0.1, -0.05) is 209 Å². The van der Waals surface area contributed by atoms with Gasteiger partial charge < -0.3 is 0 Å². The van der Waals surface area contributed by atoms with Crippen molar-refractivity contribution >= 4 is 26.5 Å². The van der Waals surface area contributed by atoms with Gasteiger partial charge in [0.1, 0.15) is 0 Å². The second kappa shape index (κ2) is 15.6. The quantitative estimate of drug-likeness (QED) is 0.162. The van der Waals surface area contributed by atoms with E-state index in [2.05, 4.69) is 150 Å². The Balaban J connectivity index is 1.68. The molecule has 3 aromatic carbocycles. The van der Waals surface area contributed by atoms with E-state index in [0.717, 1.165) is 5.92 Å². The highest BCUT2D eigenvalue weighted by Gasteiger charge is 2.58. The molecule has 0 N–H and O–H groups in total. The van der Waals surface area contributed by atoms with E-state index in [1.54, 1.807) is 32.6 Å². The number of hydrogen-bond acceptors (Lipinski definition) is 0. The summed E-state index contributed by atoms with van der Waals surface area (Å²) >= 11 is 0. The van der Waals surface area contributed by atoms with Crippen LogP contribution in [-0.4, -0.2) is 16.1 Å². The molecule has 2 fully saturated rings. The van der Waals surface area contributed by atoms with Crippen molar-refractivity contribution in [1.82, 2.24) is 0 Å². The Bertz CT molecular complexity index is 1570. The maximum Gasteiger partial charge on any atom is 0.0859 e. The van der Waals surface area contributed by atoms with Crippen molar-refractivity contribution in [2.75, 3.05) is 0 Å². The average molecular weight is 747 g/mol. The first-order chi connectivity index (χ1) is 25.2. The Morgan fingerprint density at radius 3 is 1.38 bits per heavy atom. The van der Waals surface area contributed by atoms with Gasteiger partial charge in [0.05, 0.1) is 16.1 Å². The Kier molecular flexibility index (Phi) is 12.0. The average Bonchev–Trinajstić information content (AvgIpc) is 3.82. The van der Waals surface area contributed by atoms with Crippen molar-refractivity contribution in [1.29, 1.82) is 0 Å². The molecule has 3 aliphatic carbocycles. The lowest BCUT2D eigenvalue weighted by Gasteiger charge is -2.51. The second-order valence-electron chi connectivity index (χ2n) is 20.4.